The largest absolute Gasteiger partial charge is 0.444 e. The highest BCUT2D eigenvalue weighted by atomic mass is 79.9. The van der Waals surface area contributed by atoms with Crippen LogP contribution in [0.5, 0.6) is 0 Å². The van der Waals surface area contributed by atoms with Crippen LogP contribution in [0.3, 0.4) is 0 Å². The number of rotatable bonds is 4. The van der Waals surface area contributed by atoms with E-state index in [1.165, 1.54) is 0 Å². The molecule has 0 unspecified atom stereocenters. The third-order valence-electron chi connectivity index (χ3n) is 2.45. The van der Waals surface area contributed by atoms with Crippen LogP contribution in [0.1, 0.15) is 38.9 Å². The van der Waals surface area contributed by atoms with Crippen molar-refractivity contribution in [1.82, 2.24) is 0 Å². The summed E-state index contributed by atoms with van der Waals surface area (Å²) in [5, 5.41) is 12.6. The number of nitrogens with one attached hydrogen (secondary N) is 1. The van der Waals surface area contributed by atoms with Gasteiger partial charge in [-0.2, -0.15) is 0 Å². The van der Waals surface area contributed by atoms with Crippen LogP contribution in [0.2, 0.25) is 0 Å². The maximum absolute atomic E-state index is 11.8. The van der Waals surface area contributed by atoms with E-state index in [2.05, 4.69) is 21.2 Å². The van der Waals surface area contributed by atoms with Crippen molar-refractivity contribution in [3.8, 4) is 0 Å². The maximum atomic E-state index is 11.8. The lowest BCUT2D eigenvalue weighted by Gasteiger charge is -2.20. The lowest BCUT2D eigenvalue weighted by molar-refractivity contribution is 0.0635. The molecule has 1 aromatic carbocycles. The molecule has 1 atom stereocenters. The third-order valence-corrected chi connectivity index (χ3v) is 3.14. The van der Waals surface area contributed by atoms with Crippen molar-refractivity contribution in [1.29, 1.82) is 0 Å². The number of carbonyl (C=O) groups is 1. The highest BCUT2D eigenvalue weighted by Crippen LogP contribution is 2.28. The normalized spacial score (nSPS) is 12.9. The summed E-state index contributed by atoms with van der Waals surface area (Å²) in [7, 11) is 0. The highest BCUT2D eigenvalue weighted by Gasteiger charge is 2.17. The van der Waals surface area contributed by atoms with Crippen LogP contribution in [0.15, 0.2) is 22.7 Å². The molecule has 0 saturated heterocycles. The molecule has 6 heteroatoms. The van der Waals surface area contributed by atoms with Crippen LogP contribution in [0, 0.1) is 0 Å². The topological polar surface area (TPSA) is 84.6 Å². The molecule has 0 fully saturated rings. The summed E-state index contributed by atoms with van der Waals surface area (Å²) in [5.74, 6) is 0. The van der Waals surface area contributed by atoms with Crippen molar-refractivity contribution in [3.05, 3.63) is 28.2 Å². The van der Waals surface area contributed by atoms with Gasteiger partial charge in [-0.1, -0.05) is 6.07 Å². The third kappa shape index (κ3) is 5.48. The number of anilines is 1. The van der Waals surface area contributed by atoms with E-state index in [9.17, 15) is 9.90 Å². The molecule has 1 aromatic rings. The Morgan fingerprint density at radius 3 is 2.70 bits per heavy atom. The first-order chi connectivity index (χ1) is 9.23. The van der Waals surface area contributed by atoms with Gasteiger partial charge in [0.15, 0.2) is 0 Å². The number of hydrogen-bond donors (Lipinski definition) is 3. The molecule has 20 heavy (non-hydrogen) atoms. The van der Waals surface area contributed by atoms with E-state index < -0.39 is 17.8 Å². The van der Waals surface area contributed by atoms with Crippen molar-refractivity contribution in [2.75, 3.05) is 11.9 Å². The molecule has 5 nitrogen and oxygen atoms in total. The number of nitrogens with two attached hydrogens (primary N) is 1. The SMILES string of the molecule is CC(C)(C)OC(=O)Nc1cc([C@H](O)CCN)ccc1Br. The molecule has 1 rings (SSSR count). The van der Waals surface area contributed by atoms with Crippen molar-refractivity contribution >= 4 is 27.7 Å². The highest BCUT2D eigenvalue weighted by molar-refractivity contribution is 9.10. The van der Waals surface area contributed by atoms with Crippen molar-refractivity contribution in [2.45, 2.75) is 38.9 Å². The van der Waals surface area contributed by atoms with Gasteiger partial charge in [0.05, 0.1) is 11.8 Å². The monoisotopic (exact) mass is 344 g/mol. The average Bonchev–Trinajstić information content (AvgIpc) is 2.29. The molecule has 0 heterocycles. The van der Waals surface area contributed by atoms with E-state index in [0.29, 0.717) is 28.7 Å². The zero-order valence-corrected chi connectivity index (χ0v) is 13.5. The number of amides is 1. The summed E-state index contributed by atoms with van der Waals surface area (Å²) in [5.41, 5.74) is 6.11. The van der Waals surface area contributed by atoms with E-state index in [1.54, 1.807) is 39.0 Å². The average molecular weight is 345 g/mol. The second-order valence-electron chi connectivity index (χ2n) is 5.46. The second-order valence-corrected chi connectivity index (χ2v) is 6.31. The Morgan fingerprint density at radius 2 is 2.15 bits per heavy atom. The molecule has 1 amide bonds. The van der Waals surface area contributed by atoms with Gasteiger partial charge in [0.1, 0.15) is 5.60 Å². The van der Waals surface area contributed by atoms with Gasteiger partial charge in [0.25, 0.3) is 0 Å². The minimum atomic E-state index is -0.646. The summed E-state index contributed by atoms with van der Waals surface area (Å²) in [6.45, 7) is 5.78. The quantitative estimate of drug-likeness (QED) is 0.783. The van der Waals surface area contributed by atoms with Gasteiger partial charge < -0.3 is 15.6 Å². The first kappa shape index (κ1) is 16.9. The zero-order chi connectivity index (χ0) is 15.3. The van der Waals surface area contributed by atoms with E-state index in [-0.39, 0.29) is 0 Å². The molecule has 0 saturated carbocycles. The van der Waals surface area contributed by atoms with Crippen LogP contribution in [-0.2, 0) is 4.74 Å². The fourth-order valence-electron chi connectivity index (χ4n) is 1.58. The Morgan fingerprint density at radius 1 is 1.50 bits per heavy atom. The number of ether oxygens (including phenoxy) is 1. The Kier molecular flexibility index (Phi) is 5.98. The van der Waals surface area contributed by atoms with Gasteiger partial charge in [-0.05, 0) is 67.4 Å². The molecule has 0 aliphatic rings. The maximum Gasteiger partial charge on any atom is 0.412 e. The Hall–Kier alpha value is -1.11. The number of benzene rings is 1. The molecule has 0 bridgehead atoms. The number of halogens is 1. The van der Waals surface area contributed by atoms with Crippen molar-refractivity contribution in [3.63, 3.8) is 0 Å². The first-order valence-corrected chi connectivity index (χ1v) is 7.20. The molecular formula is C14H21BrN2O3. The molecule has 0 spiro atoms. The lowest BCUT2D eigenvalue weighted by Crippen LogP contribution is -2.27. The Balaban J connectivity index is 2.84. The summed E-state index contributed by atoms with van der Waals surface area (Å²) in [4.78, 5) is 11.8. The standard InChI is InChI=1S/C14H21BrN2O3/c1-14(2,3)20-13(19)17-11-8-9(4-5-10(11)15)12(18)6-7-16/h4-5,8,12,18H,6-7,16H2,1-3H3,(H,17,19)/t12-/m1/s1. The predicted molar refractivity (Wildman–Crippen MR) is 82.6 cm³/mol. The van der Waals surface area contributed by atoms with Crippen LogP contribution in [0.4, 0.5) is 10.5 Å². The smallest absolute Gasteiger partial charge is 0.412 e. The lowest BCUT2D eigenvalue weighted by atomic mass is 10.1. The molecule has 0 aliphatic carbocycles. The molecular weight excluding hydrogens is 324 g/mol. The molecule has 4 N–H and O–H groups in total. The van der Waals surface area contributed by atoms with Crippen LogP contribution >= 0.6 is 15.9 Å². The van der Waals surface area contributed by atoms with Gasteiger partial charge in [-0.15, -0.1) is 0 Å². The minimum Gasteiger partial charge on any atom is -0.444 e. The van der Waals surface area contributed by atoms with E-state index >= 15 is 0 Å². The molecule has 112 valence electrons. The number of carbonyl (C=O) groups excluding carboxylic acids is 1. The van der Waals surface area contributed by atoms with Gasteiger partial charge in [-0.3, -0.25) is 5.32 Å². The second kappa shape index (κ2) is 7.06. The van der Waals surface area contributed by atoms with Gasteiger partial charge >= 0.3 is 6.09 Å². The summed E-state index contributed by atoms with van der Waals surface area (Å²) < 4.78 is 5.91. The zero-order valence-electron chi connectivity index (χ0n) is 11.9. The summed E-state index contributed by atoms with van der Waals surface area (Å²) in [6, 6.07) is 5.25. The van der Waals surface area contributed by atoms with E-state index in [4.69, 9.17) is 10.5 Å². The molecule has 0 aromatic heterocycles. The van der Waals surface area contributed by atoms with Crippen LogP contribution < -0.4 is 11.1 Å². The fourth-order valence-corrected chi connectivity index (χ4v) is 1.93. The predicted octanol–water partition coefficient (Wildman–Crippen LogP) is 3.18. The molecule has 0 aliphatic heterocycles. The van der Waals surface area contributed by atoms with E-state index in [0.717, 1.165) is 0 Å². The first-order valence-electron chi connectivity index (χ1n) is 6.40. The Labute approximate surface area is 127 Å². The van der Waals surface area contributed by atoms with Crippen molar-refractivity contribution in [2.24, 2.45) is 5.73 Å². The van der Waals surface area contributed by atoms with E-state index in [1.807, 2.05) is 0 Å². The van der Waals surface area contributed by atoms with Gasteiger partial charge in [0.2, 0.25) is 0 Å². The molecule has 0 radical (unpaired) electrons. The van der Waals surface area contributed by atoms with Crippen LogP contribution in [0.25, 0.3) is 0 Å². The number of aliphatic hydroxyl groups is 1. The van der Waals surface area contributed by atoms with Crippen LogP contribution in [-0.4, -0.2) is 23.3 Å². The van der Waals surface area contributed by atoms with Crippen molar-refractivity contribution < 1.29 is 14.6 Å². The fraction of sp³-hybridized carbons (Fsp3) is 0.500. The summed E-state index contributed by atoms with van der Waals surface area (Å²) >= 11 is 3.35. The number of hydrogen-bond acceptors (Lipinski definition) is 4. The van der Waals surface area contributed by atoms with Gasteiger partial charge in [-0.25, -0.2) is 4.79 Å². The number of aliphatic hydroxyl groups excluding tert-OH is 1. The Bertz CT molecular complexity index is 472. The van der Waals surface area contributed by atoms with Gasteiger partial charge in [0, 0.05) is 4.47 Å². The minimum absolute atomic E-state index is 0.395. The summed E-state index contributed by atoms with van der Waals surface area (Å²) in [6.07, 6.45) is -0.719.